The van der Waals surface area contributed by atoms with Crippen LogP contribution >= 0.6 is 11.6 Å². The molecule has 1 aliphatic heterocycles. The Bertz CT molecular complexity index is 599. The molecular weight excluding hydrogens is 290 g/mol. The van der Waals surface area contributed by atoms with E-state index in [1.54, 1.807) is 13.0 Å². The molecule has 4 nitrogen and oxygen atoms in total. The molecule has 0 saturated heterocycles. The number of carbonyl (C=O) groups is 1. The first-order valence-electron chi connectivity index (χ1n) is 7.26. The lowest BCUT2D eigenvalue weighted by molar-refractivity contribution is -0.137. The number of hydrogen-bond donors (Lipinski definition) is 1. The van der Waals surface area contributed by atoms with E-state index >= 15 is 0 Å². The van der Waals surface area contributed by atoms with Crippen LogP contribution in [0.4, 0.5) is 0 Å². The molecule has 0 aromatic heterocycles. The number of ketones is 1. The second-order valence-corrected chi connectivity index (χ2v) is 6.17. The highest BCUT2D eigenvalue weighted by atomic mass is 35.5. The predicted octanol–water partition coefficient (Wildman–Crippen LogP) is 2.86. The van der Waals surface area contributed by atoms with Crippen molar-refractivity contribution in [2.75, 3.05) is 0 Å². The molecule has 2 bridgehead atoms. The monoisotopic (exact) mass is 307 g/mol. The lowest BCUT2D eigenvalue weighted by atomic mass is 9.74. The van der Waals surface area contributed by atoms with Gasteiger partial charge in [0.15, 0.2) is 17.5 Å². The third kappa shape index (κ3) is 2.47. The summed E-state index contributed by atoms with van der Waals surface area (Å²) in [6, 6.07) is 7.35. The molecule has 3 atom stereocenters. The molecule has 0 radical (unpaired) electrons. The van der Waals surface area contributed by atoms with Gasteiger partial charge >= 0.3 is 0 Å². The van der Waals surface area contributed by atoms with Crippen LogP contribution in [0.3, 0.4) is 0 Å². The van der Waals surface area contributed by atoms with Gasteiger partial charge in [0.05, 0.1) is 6.10 Å². The summed E-state index contributed by atoms with van der Waals surface area (Å²) in [5.74, 6) is 0.436. The predicted molar refractivity (Wildman–Crippen MR) is 80.6 cm³/mol. The van der Waals surface area contributed by atoms with E-state index in [1.807, 2.05) is 18.2 Å². The maximum atomic E-state index is 12.8. The highest BCUT2D eigenvalue weighted by molar-refractivity contribution is 6.32. The number of aliphatic hydroxyl groups excluding tert-OH is 1. The van der Waals surface area contributed by atoms with Crippen LogP contribution in [-0.4, -0.2) is 29.0 Å². The molecule has 1 aromatic carbocycles. The molecule has 0 spiro atoms. The lowest BCUT2D eigenvalue weighted by Gasteiger charge is -2.41. The molecule has 1 N–H and O–H groups in total. The first-order chi connectivity index (χ1) is 10.0. The molecule has 1 saturated carbocycles. The van der Waals surface area contributed by atoms with Crippen LogP contribution in [0, 0.1) is 0 Å². The van der Waals surface area contributed by atoms with Gasteiger partial charge in [0.25, 0.3) is 0 Å². The number of hydrogen-bond acceptors (Lipinski definition) is 4. The minimum atomic E-state index is -0.941. The van der Waals surface area contributed by atoms with Crippen molar-refractivity contribution in [1.82, 2.24) is 0 Å². The Morgan fingerprint density at radius 3 is 3.00 bits per heavy atom. The van der Waals surface area contributed by atoms with E-state index in [2.05, 4.69) is 4.99 Å². The number of aliphatic hydroxyl groups is 1. The molecule has 3 rings (SSSR count). The standard InChI is InChI=1S/C16H18ClNO3/c1-10(19)9-14-18-16(11-5-2-3-6-12(11)17)8-4-7-13(21-14)15(16)20/h2-3,5-6,10,13,19H,4,7-9H2,1H3. The zero-order valence-corrected chi connectivity index (χ0v) is 12.6. The second kappa shape index (κ2) is 5.43. The maximum absolute atomic E-state index is 12.8. The molecule has 5 heteroatoms. The molecule has 112 valence electrons. The number of carbonyl (C=O) groups excluding carboxylic acids is 1. The molecule has 2 aliphatic rings. The van der Waals surface area contributed by atoms with E-state index in [9.17, 15) is 9.90 Å². The molecule has 1 aliphatic carbocycles. The Balaban J connectivity index is 2.11. The minimum Gasteiger partial charge on any atom is -0.470 e. The van der Waals surface area contributed by atoms with Crippen molar-refractivity contribution in [3.63, 3.8) is 0 Å². The fraction of sp³-hybridized carbons (Fsp3) is 0.500. The summed E-state index contributed by atoms with van der Waals surface area (Å²) in [5.41, 5.74) is -0.197. The van der Waals surface area contributed by atoms with Crippen molar-refractivity contribution in [3.05, 3.63) is 34.9 Å². The van der Waals surface area contributed by atoms with Crippen LogP contribution in [0.2, 0.25) is 5.02 Å². The SMILES string of the molecule is CC(O)CC1=NC2(c3ccccc3Cl)CCCC(O1)C2=O. The Morgan fingerprint density at radius 2 is 2.29 bits per heavy atom. The Morgan fingerprint density at radius 1 is 1.52 bits per heavy atom. The zero-order valence-electron chi connectivity index (χ0n) is 11.9. The Hall–Kier alpha value is -1.39. The van der Waals surface area contributed by atoms with Gasteiger partial charge in [0.1, 0.15) is 0 Å². The highest BCUT2D eigenvalue weighted by Crippen LogP contribution is 2.44. The maximum Gasteiger partial charge on any atom is 0.205 e. The number of halogens is 1. The molecule has 3 unspecified atom stereocenters. The van der Waals surface area contributed by atoms with Gasteiger partial charge in [-0.3, -0.25) is 4.79 Å². The van der Waals surface area contributed by atoms with E-state index < -0.39 is 17.7 Å². The van der Waals surface area contributed by atoms with E-state index in [-0.39, 0.29) is 5.78 Å². The fourth-order valence-corrected chi connectivity index (χ4v) is 3.45. The van der Waals surface area contributed by atoms with Crippen molar-refractivity contribution >= 4 is 23.3 Å². The second-order valence-electron chi connectivity index (χ2n) is 5.76. The lowest BCUT2D eigenvalue weighted by Crippen LogP contribution is -2.51. The summed E-state index contributed by atoms with van der Waals surface area (Å²) in [6.45, 7) is 1.68. The van der Waals surface area contributed by atoms with Crippen LogP contribution in [0.5, 0.6) is 0 Å². The van der Waals surface area contributed by atoms with Crippen molar-refractivity contribution in [1.29, 1.82) is 0 Å². The number of Topliss-reactive ketones (excluding diaryl/α,β-unsaturated/α-hetero) is 1. The molecule has 21 heavy (non-hydrogen) atoms. The summed E-state index contributed by atoms with van der Waals surface area (Å²) in [6.07, 6.45) is 1.49. The molecule has 0 amide bonds. The van der Waals surface area contributed by atoms with Crippen LogP contribution in [0.1, 0.15) is 38.2 Å². The largest absolute Gasteiger partial charge is 0.470 e. The number of benzene rings is 1. The van der Waals surface area contributed by atoms with Crippen LogP contribution < -0.4 is 0 Å². The van der Waals surface area contributed by atoms with E-state index in [0.717, 1.165) is 12.0 Å². The Labute approximate surface area is 128 Å². The van der Waals surface area contributed by atoms with Gasteiger partial charge in [0.2, 0.25) is 5.78 Å². The van der Waals surface area contributed by atoms with Crippen LogP contribution in [0.15, 0.2) is 29.3 Å². The van der Waals surface area contributed by atoms with E-state index in [4.69, 9.17) is 16.3 Å². The number of aliphatic imine (C=N–C) groups is 1. The van der Waals surface area contributed by atoms with Gasteiger partial charge in [0, 0.05) is 17.0 Å². The quantitative estimate of drug-likeness (QED) is 0.934. The third-order valence-corrected chi connectivity index (χ3v) is 4.42. The van der Waals surface area contributed by atoms with Gasteiger partial charge in [-0.15, -0.1) is 0 Å². The highest BCUT2D eigenvalue weighted by Gasteiger charge is 2.51. The van der Waals surface area contributed by atoms with Crippen molar-refractivity contribution < 1.29 is 14.6 Å². The van der Waals surface area contributed by atoms with Gasteiger partial charge in [-0.1, -0.05) is 29.8 Å². The van der Waals surface area contributed by atoms with E-state index in [1.165, 1.54) is 0 Å². The number of rotatable bonds is 3. The number of fused-ring (bicyclic) bond motifs is 2. The van der Waals surface area contributed by atoms with Crippen LogP contribution in [-0.2, 0) is 15.1 Å². The topological polar surface area (TPSA) is 58.9 Å². The molecule has 1 fully saturated rings. The first kappa shape index (κ1) is 14.5. The van der Waals surface area contributed by atoms with E-state index in [0.29, 0.717) is 30.2 Å². The number of nitrogens with zero attached hydrogens (tertiary/aromatic N) is 1. The summed E-state index contributed by atoms with van der Waals surface area (Å²) in [4.78, 5) is 17.3. The van der Waals surface area contributed by atoms with Gasteiger partial charge in [-0.2, -0.15) is 0 Å². The average molecular weight is 308 g/mol. The summed E-state index contributed by atoms with van der Waals surface area (Å²) in [5, 5.41) is 10.1. The summed E-state index contributed by atoms with van der Waals surface area (Å²) < 4.78 is 5.66. The van der Waals surface area contributed by atoms with Gasteiger partial charge in [-0.05, 0) is 32.3 Å². The molecule has 1 heterocycles. The summed E-state index contributed by atoms with van der Waals surface area (Å²) >= 11 is 6.30. The molecule has 1 aromatic rings. The average Bonchev–Trinajstić information content (AvgIpc) is 2.40. The van der Waals surface area contributed by atoms with Crippen molar-refractivity contribution in [3.8, 4) is 0 Å². The van der Waals surface area contributed by atoms with Crippen molar-refractivity contribution in [2.24, 2.45) is 4.99 Å². The van der Waals surface area contributed by atoms with Gasteiger partial charge in [-0.25, -0.2) is 4.99 Å². The normalized spacial score (nSPS) is 29.6. The smallest absolute Gasteiger partial charge is 0.205 e. The number of ether oxygens (including phenoxy) is 1. The van der Waals surface area contributed by atoms with Crippen molar-refractivity contribution in [2.45, 2.75) is 50.4 Å². The third-order valence-electron chi connectivity index (χ3n) is 4.09. The van der Waals surface area contributed by atoms with Gasteiger partial charge < -0.3 is 9.84 Å². The Kier molecular flexibility index (Phi) is 3.76. The first-order valence-corrected chi connectivity index (χ1v) is 7.63. The minimum absolute atomic E-state index is 0.0174. The summed E-state index contributed by atoms with van der Waals surface area (Å²) in [7, 11) is 0. The fourth-order valence-electron chi connectivity index (χ4n) is 3.16. The zero-order chi connectivity index (χ0) is 15.0. The van der Waals surface area contributed by atoms with Crippen LogP contribution in [0.25, 0.3) is 0 Å². The molecular formula is C16H18ClNO3.